The fourth-order valence-electron chi connectivity index (χ4n) is 3.98. The van der Waals surface area contributed by atoms with E-state index in [1.165, 1.54) is 26.9 Å². The Bertz CT molecular complexity index is 1080. The number of fused-ring (bicyclic) bond motifs is 1. The molecule has 0 radical (unpaired) electrons. The lowest BCUT2D eigenvalue weighted by Gasteiger charge is -2.15. The van der Waals surface area contributed by atoms with Crippen molar-refractivity contribution in [3.8, 4) is 0 Å². The van der Waals surface area contributed by atoms with Gasteiger partial charge in [0.15, 0.2) is 0 Å². The second kappa shape index (κ2) is 9.77. The Morgan fingerprint density at radius 1 is 1.03 bits per heavy atom. The summed E-state index contributed by atoms with van der Waals surface area (Å²) >= 11 is 1.73. The third-order valence-electron chi connectivity index (χ3n) is 5.52. The first-order valence-corrected chi connectivity index (χ1v) is 11.6. The molecule has 2 aromatic heterocycles. The highest BCUT2D eigenvalue weighted by molar-refractivity contribution is 7.10. The third-order valence-corrected chi connectivity index (χ3v) is 6.51. The van der Waals surface area contributed by atoms with Crippen molar-refractivity contribution in [2.24, 2.45) is 0 Å². The zero-order valence-corrected chi connectivity index (χ0v) is 18.2. The molecule has 4 aromatic rings. The molecule has 4 heteroatoms. The number of para-hydroxylation sites is 1. The minimum atomic E-state index is 0.0635. The van der Waals surface area contributed by atoms with E-state index in [1.807, 2.05) is 6.07 Å². The number of unbranched alkanes of at least 4 members (excludes halogenated alkanes) is 1. The van der Waals surface area contributed by atoms with Gasteiger partial charge in [-0.2, -0.15) is 0 Å². The van der Waals surface area contributed by atoms with Crippen molar-refractivity contribution in [1.29, 1.82) is 0 Å². The van der Waals surface area contributed by atoms with Crippen LogP contribution in [0.15, 0.2) is 78.3 Å². The summed E-state index contributed by atoms with van der Waals surface area (Å²) in [6, 6.07) is 23.3. The zero-order valence-electron chi connectivity index (χ0n) is 17.4. The van der Waals surface area contributed by atoms with Crippen LogP contribution < -0.4 is 5.32 Å². The van der Waals surface area contributed by atoms with E-state index in [9.17, 15) is 4.79 Å². The molecule has 0 spiro atoms. The zero-order chi connectivity index (χ0) is 20.8. The van der Waals surface area contributed by atoms with Crippen LogP contribution in [0.4, 0.5) is 0 Å². The van der Waals surface area contributed by atoms with E-state index in [2.05, 4.69) is 89.0 Å². The minimum Gasteiger partial charge on any atom is -0.356 e. The lowest BCUT2D eigenvalue weighted by atomic mass is 9.93. The first-order valence-electron chi connectivity index (χ1n) is 10.7. The van der Waals surface area contributed by atoms with Gasteiger partial charge in [0.2, 0.25) is 5.91 Å². The Morgan fingerprint density at radius 2 is 1.83 bits per heavy atom. The molecule has 1 amide bonds. The predicted octanol–water partition coefficient (Wildman–Crippen LogP) is 6.19. The first kappa shape index (κ1) is 20.4. The van der Waals surface area contributed by atoms with E-state index in [1.54, 1.807) is 11.3 Å². The normalized spacial score (nSPS) is 12.2. The maximum Gasteiger partial charge on any atom is 0.220 e. The fraction of sp³-hybridized carbons (Fsp3) is 0.269. The van der Waals surface area contributed by atoms with Gasteiger partial charge in [0.25, 0.3) is 0 Å². The molecule has 0 saturated heterocycles. The molecule has 0 saturated carbocycles. The van der Waals surface area contributed by atoms with Gasteiger partial charge in [0, 0.05) is 47.4 Å². The van der Waals surface area contributed by atoms with Crippen LogP contribution in [0.3, 0.4) is 0 Å². The molecule has 154 valence electrons. The minimum absolute atomic E-state index is 0.0635. The summed E-state index contributed by atoms with van der Waals surface area (Å²) in [4.78, 5) is 14.0. The van der Waals surface area contributed by atoms with Crippen LogP contribution in [0.5, 0.6) is 0 Å². The number of nitrogens with zero attached hydrogens (tertiary/aromatic N) is 1. The number of carbonyl (C=O) groups is 1. The Morgan fingerprint density at radius 3 is 2.60 bits per heavy atom. The van der Waals surface area contributed by atoms with Crippen molar-refractivity contribution >= 4 is 28.1 Å². The molecular formula is C26H28N2OS. The lowest BCUT2D eigenvalue weighted by Crippen LogP contribution is -2.26. The number of hydrogen-bond donors (Lipinski definition) is 1. The molecule has 4 rings (SSSR count). The topological polar surface area (TPSA) is 34.0 Å². The van der Waals surface area contributed by atoms with E-state index in [0.29, 0.717) is 6.42 Å². The Kier molecular flexibility index (Phi) is 6.65. The molecule has 1 atom stereocenters. The number of hydrogen-bond acceptors (Lipinski definition) is 2. The van der Waals surface area contributed by atoms with Crippen molar-refractivity contribution in [2.75, 3.05) is 6.54 Å². The summed E-state index contributed by atoms with van der Waals surface area (Å²) in [6.45, 7) is 3.71. The number of aromatic nitrogens is 1. The van der Waals surface area contributed by atoms with Crippen molar-refractivity contribution < 1.29 is 4.79 Å². The molecule has 0 fully saturated rings. The van der Waals surface area contributed by atoms with Crippen molar-refractivity contribution in [3.05, 3.63) is 94.3 Å². The van der Waals surface area contributed by atoms with Gasteiger partial charge in [-0.1, -0.05) is 67.9 Å². The third kappa shape index (κ3) is 4.65. The monoisotopic (exact) mass is 416 g/mol. The molecule has 1 N–H and O–H groups in total. The van der Waals surface area contributed by atoms with E-state index in [-0.39, 0.29) is 11.8 Å². The number of nitrogens with one attached hydrogen (secondary N) is 1. The molecule has 2 heterocycles. The highest BCUT2D eigenvalue weighted by Gasteiger charge is 2.23. The number of carbonyl (C=O) groups excluding carboxylic acids is 1. The SMILES string of the molecule is CCCCNC(=O)CC(c1cccs1)c1cn(Cc2ccccc2)c2ccccc12. The average Bonchev–Trinajstić information content (AvgIpc) is 3.42. The predicted molar refractivity (Wildman–Crippen MR) is 126 cm³/mol. The average molecular weight is 417 g/mol. The Labute approximate surface area is 182 Å². The largest absolute Gasteiger partial charge is 0.356 e. The summed E-state index contributed by atoms with van der Waals surface area (Å²) in [6.07, 6.45) is 4.83. The molecule has 0 bridgehead atoms. The second-order valence-electron chi connectivity index (χ2n) is 7.69. The van der Waals surface area contributed by atoms with Gasteiger partial charge in [0.1, 0.15) is 0 Å². The van der Waals surface area contributed by atoms with E-state index in [4.69, 9.17) is 0 Å². The molecule has 30 heavy (non-hydrogen) atoms. The van der Waals surface area contributed by atoms with Gasteiger partial charge in [-0.05, 0) is 35.1 Å². The summed E-state index contributed by atoms with van der Waals surface area (Å²) in [7, 11) is 0. The number of thiophene rings is 1. The lowest BCUT2D eigenvalue weighted by molar-refractivity contribution is -0.121. The number of benzene rings is 2. The fourth-order valence-corrected chi connectivity index (χ4v) is 4.83. The highest BCUT2D eigenvalue weighted by Crippen LogP contribution is 2.37. The van der Waals surface area contributed by atoms with Crippen LogP contribution in [-0.2, 0) is 11.3 Å². The van der Waals surface area contributed by atoms with Crippen molar-refractivity contribution in [1.82, 2.24) is 9.88 Å². The molecule has 0 aliphatic carbocycles. The Balaban J connectivity index is 1.70. The quantitative estimate of drug-likeness (QED) is 0.324. The molecule has 2 aromatic carbocycles. The van der Waals surface area contributed by atoms with E-state index < -0.39 is 0 Å². The summed E-state index contributed by atoms with van der Waals surface area (Å²) in [5, 5.41) is 6.43. The van der Waals surface area contributed by atoms with Crippen LogP contribution in [0.25, 0.3) is 10.9 Å². The molecule has 1 unspecified atom stereocenters. The van der Waals surface area contributed by atoms with Gasteiger partial charge in [-0.3, -0.25) is 4.79 Å². The molecule has 3 nitrogen and oxygen atoms in total. The van der Waals surface area contributed by atoms with Gasteiger partial charge in [0.05, 0.1) is 0 Å². The van der Waals surface area contributed by atoms with Gasteiger partial charge < -0.3 is 9.88 Å². The van der Waals surface area contributed by atoms with Crippen LogP contribution in [0.2, 0.25) is 0 Å². The number of rotatable bonds is 9. The number of amides is 1. The maximum absolute atomic E-state index is 12.7. The smallest absolute Gasteiger partial charge is 0.220 e. The van der Waals surface area contributed by atoms with E-state index in [0.717, 1.165) is 25.9 Å². The molecule has 0 aliphatic heterocycles. The van der Waals surface area contributed by atoms with Gasteiger partial charge >= 0.3 is 0 Å². The summed E-state index contributed by atoms with van der Waals surface area (Å²) in [5.41, 5.74) is 3.72. The van der Waals surface area contributed by atoms with Crippen LogP contribution in [0, 0.1) is 0 Å². The van der Waals surface area contributed by atoms with Gasteiger partial charge in [-0.25, -0.2) is 0 Å². The van der Waals surface area contributed by atoms with Crippen molar-refractivity contribution in [3.63, 3.8) is 0 Å². The van der Waals surface area contributed by atoms with Crippen LogP contribution in [-0.4, -0.2) is 17.0 Å². The maximum atomic E-state index is 12.7. The summed E-state index contributed by atoms with van der Waals surface area (Å²) in [5.74, 6) is 0.190. The molecule has 0 aliphatic rings. The highest BCUT2D eigenvalue weighted by atomic mass is 32.1. The van der Waals surface area contributed by atoms with Crippen molar-refractivity contribution in [2.45, 2.75) is 38.6 Å². The van der Waals surface area contributed by atoms with Crippen LogP contribution >= 0.6 is 11.3 Å². The van der Waals surface area contributed by atoms with Crippen LogP contribution in [0.1, 0.15) is 48.1 Å². The van der Waals surface area contributed by atoms with E-state index >= 15 is 0 Å². The standard InChI is InChI=1S/C26H28N2OS/c1-2-3-15-27-26(29)17-22(25-14-9-16-30-25)23-19-28(18-20-10-5-4-6-11-20)24-13-8-7-12-21(23)24/h4-14,16,19,22H,2-3,15,17-18H2,1H3,(H,27,29). The second-order valence-corrected chi connectivity index (χ2v) is 8.67. The molecular weight excluding hydrogens is 388 g/mol. The first-order chi connectivity index (χ1) is 14.8. The Hall–Kier alpha value is -2.85. The summed E-state index contributed by atoms with van der Waals surface area (Å²) < 4.78 is 2.32. The van der Waals surface area contributed by atoms with Gasteiger partial charge in [-0.15, -0.1) is 11.3 Å².